The maximum Gasteiger partial charge on any atom is 0.387 e. The molecular formula is C20H26F2N4O2S. The van der Waals surface area contributed by atoms with Gasteiger partial charge in [-0.05, 0) is 18.6 Å². The zero-order valence-corrected chi connectivity index (χ0v) is 17.6. The molecule has 2 heterocycles. The second-order valence-electron chi connectivity index (χ2n) is 8.00. The molecule has 2 aromatic rings. The molecule has 9 heteroatoms. The Bertz CT molecular complexity index is 838. The number of para-hydroxylation sites is 2. The third-order valence-electron chi connectivity index (χ3n) is 4.57. The van der Waals surface area contributed by atoms with Crippen molar-refractivity contribution in [3.8, 4) is 5.75 Å². The predicted molar refractivity (Wildman–Crippen MR) is 110 cm³/mol. The summed E-state index contributed by atoms with van der Waals surface area (Å²) in [6.45, 7) is 4.98. The van der Waals surface area contributed by atoms with E-state index in [1.54, 1.807) is 29.5 Å². The third kappa shape index (κ3) is 5.79. The van der Waals surface area contributed by atoms with Crippen LogP contribution in [0, 0.1) is 0 Å². The SMILES string of the molecule is CC(C)(C)c1nc(CNC(=O)NC2CCN(c3ccccc3OC(F)F)C2)cs1. The Morgan fingerprint density at radius 1 is 1.38 bits per heavy atom. The minimum Gasteiger partial charge on any atom is -0.433 e. The fraction of sp³-hybridized carbons (Fsp3) is 0.500. The number of halogens is 2. The van der Waals surface area contributed by atoms with E-state index in [2.05, 4.69) is 41.1 Å². The number of amides is 2. The van der Waals surface area contributed by atoms with Crippen molar-refractivity contribution in [3.05, 3.63) is 40.3 Å². The van der Waals surface area contributed by atoms with Gasteiger partial charge >= 0.3 is 12.6 Å². The summed E-state index contributed by atoms with van der Waals surface area (Å²) in [6, 6.07) is 6.36. The van der Waals surface area contributed by atoms with E-state index in [1.807, 2.05) is 10.3 Å². The summed E-state index contributed by atoms with van der Waals surface area (Å²) < 4.78 is 29.8. The second kappa shape index (κ2) is 8.94. The van der Waals surface area contributed by atoms with E-state index in [0.29, 0.717) is 25.3 Å². The zero-order chi connectivity index (χ0) is 21.0. The first kappa shape index (κ1) is 21.3. The van der Waals surface area contributed by atoms with Gasteiger partial charge in [0.1, 0.15) is 5.75 Å². The number of hydrogen-bond donors (Lipinski definition) is 2. The molecule has 1 aliphatic rings. The van der Waals surface area contributed by atoms with Gasteiger partial charge in [0.15, 0.2) is 0 Å². The van der Waals surface area contributed by atoms with Gasteiger partial charge in [-0.3, -0.25) is 0 Å². The average molecular weight is 425 g/mol. The van der Waals surface area contributed by atoms with Crippen LogP contribution in [0.4, 0.5) is 19.3 Å². The quantitative estimate of drug-likeness (QED) is 0.732. The van der Waals surface area contributed by atoms with Crippen LogP contribution in [0.15, 0.2) is 29.6 Å². The molecule has 1 aliphatic heterocycles. The molecule has 1 saturated heterocycles. The fourth-order valence-corrected chi connectivity index (χ4v) is 4.06. The summed E-state index contributed by atoms with van der Waals surface area (Å²) in [5.74, 6) is 0.144. The Balaban J connectivity index is 1.50. The zero-order valence-electron chi connectivity index (χ0n) is 16.7. The van der Waals surface area contributed by atoms with Gasteiger partial charge in [0.25, 0.3) is 0 Å². The molecule has 158 valence electrons. The van der Waals surface area contributed by atoms with Crippen LogP contribution in [0.25, 0.3) is 0 Å². The van der Waals surface area contributed by atoms with Crippen molar-refractivity contribution in [2.24, 2.45) is 0 Å². The van der Waals surface area contributed by atoms with E-state index in [1.165, 1.54) is 6.07 Å². The first-order valence-electron chi connectivity index (χ1n) is 9.50. The molecule has 2 N–H and O–H groups in total. The maximum absolute atomic E-state index is 12.6. The lowest BCUT2D eigenvalue weighted by atomic mass is 9.98. The van der Waals surface area contributed by atoms with Crippen LogP contribution in [0.5, 0.6) is 5.75 Å². The highest BCUT2D eigenvalue weighted by molar-refractivity contribution is 7.09. The largest absolute Gasteiger partial charge is 0.433 e. The van der Waals surface area contributed by atoms with Crippen molar-refractivity contribution < 1.29 is 18.3 Å². The molecule has 6 nitrogen and oxygen atoms in total. The molecule has 0 aliphatic carbocycles. The van der Waals surface area contributed by atoms with Crippen molar-refractivity contribution in [2.75, 3.05) is 18.0 Å². The monoisotopic (exact) mass is 424 g/mol. The summed E-state index contributed by atoms with van der Waals surface area (Å²) >= 11 is 1.59. The smallest absolute Gasteiger partial charge is 0.387 e. The van der Waals surface area contributed by atoms with Gasteiger partial charge in [0, 0.05) is 29.9 Å². The van der Waals surface area contributed by atoms with E-state index in [9.17, 15) is 13.6 Å². The van der Waals surface area contributed by atoms with Crippen LogP contribution >= 0.6 is 11.3 Å². The summed E-state index contributed by atoms with van der Waals surface area (Å²) in [5, 5.41) is 8.77. The lowest BCUT2D eigenvalue weighted by molar-refractivity contribution is -0.0495. The normalized spacial score (nSPS) is 16.9. The van der Waals surface area contributed by atoms with Crippen LogP contribution < -0.4 is 20.3 Å². The minimum atomic E-state index is -2.87. The van der Waals surface area contributed by atoms with E-state index in [-0.39, 0.29) is 23.2 Å². The lowest BCUT2D eigenvalue weighted by Gasteiger charge is -2.22. The number of thiazole rings is 1. The molecule has 1 atom stereocenters. The highest BCUT2D eigenvalue weighted by atomic mass is 32.1. The minimum absolute atomic E-state index is 0.0111. The molecule has 2 amide bonds. The number of alkyl halides is 2. The molecule has 0 radical (unpaired) electrons. The Hall–Kier alpha value is -2.42. The molecule has 1 unspecified atom stereocenters. The highest BCUT2D eigenvalue weighted by Gasteiger charge is 2.26. The maximum atomic E-state index is 12.6. The predicted octanol–water partition coefficient (Wildman–Crippen LogP) is 4.12. The number of carbonyl (C=O) groups excluding carboxylic acids is 1. The van der Waals surface area contributed by atoms with Crippen molar-refractivity contribution in [1.82, 2.24) is 15.6 Å². The topological polar surface area (TPSA) is 66.5 Å². The van der Waals surface area contributed by atoms with Crippen LogP contribution in [-0.2, 0) is 12.0 Å². The van der Waals surface area contributed by atoms with E-state index in [4.69, 9.17) is 0 Å². The lowest BCUT2D eigenvalue weighted by Crippen LogP contribution is -2.43. The Kier molecular flexibility index (Phi) is 6.56. The van der Waals surface area contributed by atoms with Crippen molar-refractivity contribution in [1.29, 1.82) is 0 Å². The fourth-order valence-electron chi connectivity index (χ4n) is 3.15. The van der Waals surface area contributed by atoms with Crippen LogP contribution in [0.2, 0.25) is 0 Å². The standard InChI is InChI=1S/C20H26F2N4O2S/c1-20(2,3)17-24-14(12-29-17)10-23-19(27)25-13-8-9-26(11-13)15-6-4-5-7-16(15)28-18(21)22/h4-7,12-13,18H,8-11H2,1-3H3,(H2,23,25,27). The number of carbonyl (C=O) groups is 1. The van der Waals surface area contributed by atoms with Gasteiger partial charge in [-0.2, -0.15) is 8.78 Å². The van der Waals surface area contributed by atoms with Gasteiger partial charge in [-0.1, -0.05) is 32.9 Å². The molecular weight excluding hydrogens is 398 g/mol. The Morgan fingerprint density at radius 2 is 2.14 bits per heavy atom. The summed E-state index contributed by atoms with van der Waals surface area (Å²) in [5.41, 5.74) is 1.43. The second-order valence-corrected chi connectivity index (χ2v) is 8.86. The summed E-state index contributed by atoms with van der Waals surface area (Å²) in [4.78, 5) is 18.7. The number of ether oxygens (including phenoxy) is 1. The van der Waals surface area contributed by atoms with E-state index in [0.717, 1.165) is 17.1 Å². The van der Waals surface area contributed by atoms with Crippen molar-refractivity contribution in [2.45, 2.75) is 51.8 Å². The molecule has 1 aromatic heterocycles. The number of benzene rings is 1. The van der Waals surface area contributed by atoms with E-state index < -0.39 is 6.61 Å². The number of anilines is 1. The van der Waals surface area contributed by atoms with Crippen LogP contribution in [0.1, 0.15) is 37.9 Å². The number of aromatic nitrogens is 1. The molecule has 1 fully saturated rings. The van der Waals surface area contributed by atoms with Gasteiger partial charge in [0.05, 0.1) is 22.9 Å². The van der Waals surface area contributed by atoms with Crippen LogP contribution in [0.3, 0.4) is 0 Å². The summed E-state index contributed by atoms with van der Waals surface area (Å²) in [7, 11) is 0. The van der Waals surface area contributed by atoms with Gasteiger partial charge in [-0.15, -0.1) is 11.3 Å². The number of urea groups is 1. The van der Waals surface area contributed by atoms with Crippen LogP contribution in [-0.4, -0.2) is 36.8 Å². The average Bonchev–Trinajstić information content (AvgIpc) is 3.29. The van der Waals surface area contributed by atoms with Crippen molar-refractivity contribution in [3.63, 3.8) is 0 Å². The number of hydrogen-bond acceptors (Lipinski definition) is 5. The highest BCUT2D eigenvalue weighted by Crippen LogP contribution is 2.31. The number of nitrogens with one attached hydrogen (secondary N) is 2. The number of rotatable bonds is 6. The van der Waals surface area contributed by atoms with Gasteiger partial charge in [0.2, 0.25) is 0 Å². The molecule has 0 spiro atoms. The van der Waals surface area contributed by atoms with Gasteiger partial charge in [-0.25, -0.2) is 9.78 Å². The van der Waals surface area contributed by atoms with E-state index >= 15 is 0 Å². The Labute approximate surface area is 173 Å². The molecule has 0 bridgehead atoms. The first-order chi connectivity index (χ1) is 13.7. The first-order valence-corrected chi connectivity index (χ1v) is 10.4. The summed E-state index contributed by atoms with van der Waals surface area (Å²) in [6.07, 6.45) is 0.724. The van der Waals surface area contributed by atoms with Crippen molar-refractivity contribution >= 4 is 23.1 Å². The third-order valence-corrected chi connectivity index (χ3v) is 5.89. The number of nitrogens with zero attached hydrogens (tertiary/aromatic N) is 2. The van der Waals surface area contributed by atoms with Gasteiger partial charge < -0.3 is 20.3 Å². The Morgan fingerprint density at radius 3 is 2.83 bits per heavy atom. The molecule has 1 aromatic carbocycles. The molecule has 0 saturated carbocycles. The molecule has 29 heavy (non-hydrogen) atoms. The molecule has 3 rings (SSSR count).